The number of hydrogen-bond acceptors (Lipinski definition) is 6. The van der Waals surface area contributed by atoms with E-state index >= 15 is 0 Å². The number of benzene rings is 2. The minimum absolute atomic E-state index is 0. The molecule has 0 radical (unpaired) electrons. The molecule has 29 heavy (non-hydrogen) atoms. The zero-order valence-corrected chi connectivity index (χ0v) is 17.5. The van der Waals surface area contributed by atoms with Gasteiger partial charge in [-0.1, -0.05) is 6.07 Å². The lowest BCUT2D eigenvalue weighted by Gasteiger charge is -2.19. The third-order valence-corrected chi connectivity index (χ3v) is 4.87. The van der Waals surface area contributed by atoms with Crippen LogP contribution in [0.3, 0.4) is 0 Å². The molecule has 1 N–H and O–H groups in total. The third-order valence-electron chi connectivity index (χ3n) is 4.87. The molecule has 1 heterocycles. The van der Waals surface area contributed by atoms with Crippen LogP contribution in [-0.2, 0) is 9.53 Å². The number of carbonyl (C=O) groups excluding carboxylic acids is 2. The summed E-state index contributed by atoms with van der Waals surface area (Å²) in [5, 5.41) is 3.31. The number of amides is 1. The molecule has 1 aliphatic heterocycles. The second-order valence-electron chi connectivity index (χ2n) is 6.54. The Hall–Kier alpha value is -2.93. The van der Waals surface area contributed by atoms with E-state index < -0.39 is 6.09 Å². The van der Waals surface area contributed by atoms with Gasteiger partial charge in [0.05, 0.1) is 14.2 Å². The largest absolute Gasteiger partial charge is 0.497 e. The van der Waals surface area contributed by atoms with Crippen molar-refractivity contribution in [3.8, 4) is 11.5 Å². The van der Waals surface area contributed by atoms with Gasteiger partial charge in [0.15, 0.2) is 0 Å². The van der Waals surface area contributed by atoms with Crippen LogP contribution in [0.5, 0.6) is 11.5 Å². The second-order valence-corrected chi connectivity index (χ2v) is 6.54. The van der Waals surface area contributed by atoms with Crippen LogP contribution in [0.4, 0.5) is 16.2 Å². The van der Waals surface area contributed by atoms with E-state index in [0.717, 1.165) is 11.3 Å². The molecule has 0 saturated carbocycles. The van der Waals surface area contributed by atoms with Crippen LogP contribution in [0.2, 0.25) is 0 Å². The van der Waals surface area contributed by atoms with Crippen molar-refractivity contribution < 1.29 is 23.8 Å². The summed E-state index contributed by atoms with van der Waals surface area (Å²) in [6, 6.07) is 12.7. The Morgan fingerprint density at radius 1 is 1.14 bits per heavy atom. The zero-order chi connectivity index (χ0) is 20.1. The Labute approximate surface area is 176 Å². The summed E-state index contributed by atoms with van der Waals surface area (Å²) in [7, 11) is 4.62. The highest BCUT2D eigenvalue weighted by atomic mass is 35.5. The molecular formula is C21H25ClN2O5. The van der Waals surface area contributed by atoms with Crippen LogP contribution in [0, 0.1) is 0 Å². The van der Waals surface area contributed by atoms with Gasteiger partial charge in [-0.25, -0.2) is 4.79 Å². The van der Waals surface area contributed by atoms with Crippen molar-refractivity contribution >= 4 is 35.8 Å². The average molecular weight is 421 g/mol. The first-order chi connectivity index (χ1) is 13.5. The van der Waals surface area contributed by atoms with Gasteiger partial charge in [-0.05, 0) is 42.8 Å². The number of esters is 1. The lowest BCUT2D eigenvalue weighted by Crippen LogP contribution is -2.29. The van der Waals surface area contributed by atoms with E-state index in [-0.39, 0.29) is 24.3 Å². The Kier molecular flexibility index (Phi) is 7.73. The number of anilines is 2. The SMILES string of the molecule is COC(=O)CCC1CNc2cccc(OC(=O)N(C)c3ccc(OC)cc3)c21.Cl. The number of nitrogens with one attached hydrogen (secondary N) is 1. The van der Waals surface area contributed by atoms with Crippen molar-refractivity contribution in [1.82, 2.24) is 0 Å². The molecule has 0 spiro atoms. The van der Waals surface area contributed by atoms with Crippen molar-refractivity contribution in [3.05, 3.63) is 48.0 Å². The van der Waals surface area contributed by atoms with Crippen molar-refractivity contribution in [2.24, 2.45) is 0 Å². The fourth-order valence-corrected chi connectivity index (χ4v) is 3.26. The zero-order valence-electron chi connectivity index (χ0n) is 16.6. The van der Waals surface area contributed by atoms with Crippen molar-refractivity contribution in [3.63, 3.8) is 0 Å². The first kappa shape index (κ1) is 22.4. The van der Waals surface area contributed by atoms with Gasteiger partial charge in [0.25, 0.3) is 0 Å². The molecule has 2 aromatic carbocycles. The predicted octanol–water partition coefficient (Wildman–Crippen LogP) is 4.21. The van der Waals surface area contributed by atoms with Crippen LogP contribution in [0.15, 0.2) is 42.5 Å². The molecule has 7 nitrogen and oxygen atoms in total. The summed E-state index contributed by atoms with van der Waals surface area (Å²) in [6.07, 6.45) is 0.448. The Morgan fingerprint density at radius 3 is 2.52 bits per heavy atom. The van der Waals surface area contributed by atoms with Crippen LogP contribution in [-0.4, -0.2) is 39.9 Å². The maximum atomic E-state index is 12.7. The van der Waals surface area contributed by atoms with Gasteiger partial charge in [0.1, 0.15) is 11.5 Å². The summed E-state index contributed by atoms with van der Waals surface area (Å²) in [5.74, 6) is 1.04. The molecule has 0 aliphatic carbocycles. The summed E-state index contributed by atoms with van der Waals surface area (Å²) >= 11 is 0. The van der Waals surface area contributed by atoms with Crippen LogP contribution in [0.1, 0.15) is 24.3 Å². The molecule has 8 heteroatoms. The second kappa shape index (κ2) is 10.0. The van der Waals surface area contributed by atoms with E-state index in [0.29, 0.717) is 36.6 Å². The van der Waals surface area contributed by atoms with Gasteiger partial charge >= 0.3 is 12.1 Å². The van der Waals surface area contributed by atoms with Gasteiger partial charge < -0.3 is 19.5 Å². The Balaban J connectivity index is 0.00000300. The summed E-state index contributed by atoms with van der Waals surface area (Å²) in [6.45, 7) is 0.690. The maximum absolute atomic E-state index is 12.7. The van der Waals surface area contributed by atoms with Gasteiger partial charge in [0.2, 0.25) is 0 Å². The van der Waals surface area contributed by atoms with E-state index in [2.05, 4.69) is 5.32 Å². The van der Waals surface area contributed by atoms with Crippen LogP contribution in [0.25, 0.3) is 0 Å². The molecule has 0 fully saturated rings. The number of nitrogens with zero attached hydrogens (tertiary/aromatic N) is 1. The van der Waals surface area contributed by atoms with Crippen LogP contribution >= 0.6 is 12.4 Å². The summed E-state index contributed by atoms with van der Waals surface area (Å²) < 4.78 is 15.6. The average Bonchev–Trinajstić information content (AvgIpc) is 3.15. The molecule has 156 valence electrons. The van der Waals surface area contributed by atoms with Gasteiger partial charge in [-0.3, -0.25) is 9.69 Å². The number of fused-ring (bicyclic) bond motifs is 1. The minimum atomic E-state index is -0.489. The molecule has 1 atom stereocenters. The Bertz CT molecular complexity index is 857. The maximum Gasteiger partial charge on any atom is 0.419 e. The molecule has 2 aromatic rings. The van der Waals surface area contributed by atoms with Crippen molar-refractivity contribution in [2.45, 2.75) is 18.8 Å². The molecule has 1 amide bonds. The number of carbonyl (C=O) groups is 2. The molecule has 0 saturated heterocycles. The minimum Gasteiger partial charge on any atom is -0.497 e. The molecule has 0 aromatic heterocycles. The number of hydrogen-bond donors (Lipinski definition) is 1. The van der Waals surface area contributed by atoms with Gasteiger partial charge in [-0.15, -0.1) is 12.4 Å². The third kappa shape index (κ3) is 5.12. The fraction of sp³-hybridized carbons (Fsp3) is 0.333. The smallest absolute Gasteiger partial charge is 0.419 e. The number of methoxy groups -OCH3 is 2. The molecule has 3 rings (SSSR count). The molecule has 1 unspecified atom stereocenters. The predicted molar refractivity (Wildman–Crippen MR) is 114 cm³/mol. The number of ether oxygens (including phenoxy) is 3. The monoisotopic (exact) mass is 420 g/mol. The summed E-state index contributed by atoms with van der Waals surface area (Å²) in [5.41, 5.74) is 2.54. The topological polar surface area (TPSA) is 77.1 Å². The number of rotatable bonds is 6. The molecule has 1 aliphatic rings. The van der Waals surface area contributed by atoms with E-state index in [1.54, 1.807) is 44.5 Å². The quantitative estimate of drug-likeness (QED) is 0.705. The lowest BCUT2D eigenvalue weighted by atomic mass is 9.95. The van der Waals surface area contributed by atoms with Gasteiger partial charge in [0, 0.05) is 42.9 Å². The standard InChI is InChI=1S/C21H24N2O5.ClH/c1-23(15-8-10-16(26-2)11-9-15)21(25)28-18-6-4-5-17-20(18)14(13-22-17)7-12-19(24)27-3;/h4-6,8-11,14,22H,7,12-13H2,1-3H3;1H. The van der Waals surface area contributed by atoms with Gasteiger partial charge in [-0.2, -0.15) is 0 Å². The van der Waals surface area contributed by atoms with Crippen LogP contribution < -0.4 is 19.7 Å². The first-order valence-electron chi connectivity index (χ1n) is 9.06. The molecular weight excluding hydrogens is 396 g/mol. The molecule has 0 bridgehead atoms. The highest BCUT2D eigenvalue weighted by molar-refractivity contribution is 5.89. The highest BCUT2D eigenvalue weighted by Gasteiger charge is 2.28. The Morgan fingerprint density at radius 2 is 1.86 bits per heavy atom. The van der Waals surface area contributed by atoms with E-state index in [4.69, 9.17) is 14.2 Å². The normalized spacial score (nSPS) is 14.1. The van der Waals surface area contributed by atoms with E-state index in [1.807, 2.05) is 12.1 Å². The highest BCUT2D eigenvalue weighted by Crippen LogP contribution is 2.41. The fourth-order valence-electron chi connectivity index (χ4n) is 3.26. The van der Waals surface area contributed by atoms with Crippen molar-refractivity contribution in [2.75, 3.05) is 38.0 Å². The lowest BCUT2D eigenvalue weighted by molar-refractivity contribution is -0.140. The van der Waals surface area contributed by atoms with E-state index in [1.165, 1.54) is 12.0 Å². The number of halogens is 1. The first-order valence-corrected chi connectivity index (χ1v) is 9.06. The van der Waals surface area contributed by atoms with Crippen molar-refractivity contribution in [1.29, 1.82) is 0 Å². The van der Waals surface area contributed by atoms with E-state index in [9.17, 15) is 9.59 Å². The summed E-state index contributed by atoms with van der Waals surface area (Å²) in [4.78, 5) is 25.6.